The first-order chi connectivity index (χ1) is 6.79. The lowest BCUT2D eigenvalue weighted by molar-refractivity contribution is 0.694. The highest BCUT2D eigenvalue weighted by molar-refractivity contribution is 5.76. The van der Waals surface area contributed by atoms with Crippen molar-refractivity contribution in [1.29, 1.82) is 5.41 Å². The molecule has 0 unspecified atom stereocenters. The molecule has 0 atom stereocenters. The van der Waals surface area contributed by atoms with E-state index in [2.05, 4.69) is 24.3 Å². The predicted octanol–water partition coefficient (Wildman–Crippen LogP) is 2.73. The first-order valence-corrected chi connectivity index (χ1v) is 5.16. The first-order valence-electron chi connectivity index (χ1n) is 5.16. The number of hydrogen-bond donors (Lipinski definition) is 2. The van der Waals surface area contributed by atoms with Gasteiger partial charge >= 0.3 is 0 Å². The Morgan fingerprint density at radius 3 is 2.43 bits per heavy atom. The summed E-state index contributed by atoms with van der Waals surface area (Å²) in [7, 11) is 0. The summed E-state index contributed by atoms with van der Waals surface area (Å²) in [6.07, 6.45) is 5.28. The average molecular weight is 190 g/mol. The van der Waals surface area contributed by atoms with Crippen LogP contribution in [-0.4, -0.2) is 5.84 Å². The van der Waals surface area contributed by atoms with Crippen LogP contribution in [0.15, 0.2) is 30.3 Å². The van der Waals surface area contributed by atoms with Gasteiger partial charge in [-0.2, -0.15) is 0 Å². The summed E-state index contributed by atoms with van der Waals surface area (Å²) in [5.74, 6) is 0.310. The zero-order valence-electron chi connectivity index (χ0n) is 8.50. The lowest BCUT2D eigenvalue weighted by atomic mass is 10.1. The molecule has 0 radical (unpaired) electrons. The molecule has 0 heterocycles. The van der Waals surface area contributed by atoms with Crippen LogP contribution in [0, 0.1) is 5.41 Å². The van der Waals surface area contributed by atoms with Crippen molar-refractivity contribution in [2.45, 2.75) is 32.1 Å². The molecule has 1 rings (SSSR count). The van der Waals surface area contributed by atoms with Gasteiger partial charge in [-0.1, -0.05) is 36.8 Å². The molecule has 0 fully saturated rings. The summed E-state index contributed by atoms with van der Waals surface area (Å²) in [5, 5.41) is 7.07. The lowest BCUT2D eigenvalue weighted by Crippen LogP contribution is -2.08. The van der Waals surface area contributed by atoms with Crippen molar-refractivity contribution < 1.29 is 0 Å². The minimum Gasteiger partial charge on any atom is -0.388 e. The predicted molar refractivity (Wildman–Crippen MR) is 60.5 cm³/mol. The van der Waals surface area contributed by atoms with Crippen LogP contribution >= 0.6 is 0 Å². The number of nitrogens with one attached hydrogen (secondary N) is 1. The molecule has 1 aromatic rings. The third-order valence-corrected chi connectivity index (χ3v) is 2.25. The molecule has 2 heteroatoms. The second kappa shape index (κ2) is 6.19. The average Bonchev–Trinajstić information content (AvgIpc) is 2.18. The molecule has 0 aliphatic carbocycles. The van der Waals surface area contributed by atoms with Gasteiger partial charge in [-0.05, 0) is 24.8 Å². The Hall–Kier alpha value is -1.31. The van der Waals surface area contributed by atoms with Gasteiger partial charge in [-0.3, -0.25) is 5.41 Å². The maximum atomic E-state index is 7.07. The Morgan fingerprint density at radius 1 is 1.07 bits per heavy atom. The molecule has 2 nitrogen and oxygen atoms in total. The zero-order valence-corrected chi connectivity index (χ0v) is 8.50. The molecular weight excluding hydrogens is 172 g/mol. The van der Waals surface area contributed by atoms with Crippen LogP contribution in [0.25, 0.3) is 0 Å². The lowest BCUT2D eigenvalue weighted by Gasteiger charge is -2.01. The molecule has 0 aromatic heterocycles. The third kappa shape index (κ3) is 4.65. The fourth-order valence-corrected chi connectivity index (χ4v) is 1.47. The van der Waals surface area contributed by atoms with E-state index in [9.17, 15) is 0 Å². The van der Waals surface area contributed by atoms with Crippen molar-refractivity contribution in [1.82, 2.24) is 0 Å². The fraction of sp³-hybridized carbons (Fsp3) is 0.417. The summed E-state index contributed by atoms with van der Waals surface area (Å²) >= 11 is 0. The fourth-order valence-electron chi connectivity index (χ4n) is 1.47. The third-order valence-electron chi connectivity index (χ3n) is 2.25. The number of amidine groups is 1. The van der Waals surface area contributed by atoms with Gasteiger partial charge < -0.3 is 5.73 Å². The van der Waals surface area contributed by atoms with Crippen molar-refractivity contribution in [3.05, 3.63) is 35.9 Å². The molecule has 14 heavy (non-hydrogen) atoms. The molecule has 0 bridgehead atoms. The van der Waals surface area contributed by atoms with E-state index in [0.717, 1.165) is 25.7 Å². The SMILES string of the molecule is N=C(N)CCCCCc1ccccc1. The standard InChI is InChI=1S/C12H18N2/c13-12(14)10-6-2-5-9-11-7-3-1-4-8-11/h1,3-4,7-8H,2,5-6,9-10H2,(H3,13,14). The van der Waals surface area contributed by atoms with E-state index in [1.807, 2.05) is 6.07 Å². The molecule has 0 amide bonds. The smallest absolute Gasteiger partial charge is 0.0905 e. The number of nitrogens with two attached hydrogens (primary N) is 1. The van der Waals surface area contributed by atoms with E-state index in [0.29, 0.717) is 5.84 Å². The summed E-state index contributed by atoms with van der Waals surface area (Å²) in [4.78, 5) is 0. The topological polar surface area (TPSA) is 49.9 Å². The van der Waals surface area contributed by atoms with Crippen molar-refractivity contribution >= 4 is 5.84 Å². The van der Waals surface area contributed by atoms with Crippen LogP contribution in [0.3, 0.4) is 0 Å². The highest BCUT2D eigenvalue weighted by atomic mass is 14.7. The van der Waals surface area contributed by atoms with Gasteiger partial charge in [0.2, 0.25) is 0 Å². The van der Waals surface area contributed by atoms with Crippen LogP contribution in [0.4, 0.5) is 0 Å². The molecule has 3 N–H and O–H groups in total. The Labute approximate surface area is 85.6 Å². The van der Waals surface area contributed by atoms with Crippen molar-refractivity contribution in [2.24, 2.45) is 5.73 Å². The largest absolute Gasteiger partial charge is 0.388 e. The van der Waals surface area contributed by atoms with Crippen molar-refractivity contribution in [3.8, 4) is 0 Å². The number of rotatable bonds is 6. The molecule has 0 spiro atoms. The molecule has 76 valence electrons. The number of hydrogen-bond acceptors (Lipinski definition) is 1. The van der Waals surface area contributed by atoms with Crippen LogP contribution in [0.1, 0.15) is 31.2 Å². The molecule has 0 saturated carbocycles. The summed E-state index contributed by atoms with van der Waals surface area (Å²) in [5.41, 5.74) is 6.67. The van der Waals surface area contributed by atoms with E-state index in [-0.39, 0.29) is 0 Å². The molecule has 1 aromatic carbocycles. The number of aryl methyl sites for hydroxylation is 1. The van der Waals surface area contributed by atoms with Gasteiger partial charge in [0.25, 0.3) is 0 Å². The zero-order chi connectivity index (χ0) is 10.2. The summed E-state index contributed by atoms with van der Waals surface area (Å²) in [6, 6.07) is 10.5. The van der Waals surface area contributed by atoms with Gasteiger partial charge in [0.05, 0.1) is 5.84 Å². The minimum absolute atomic E-state index is 0.310. The van der Waals surface area contributed by atoms with Gasteiger partial charge in [-0.15, -0.1) is 0 Å². The first kappa shape index (κ1) is 10.8. The molecule has 0 saturated heterocycles. The normalized spacial score (nSPS) is 10.0. The van der Waals surface area contributed by atoms with Crippen LogP contribution in [0.2, 0.25) is 0 Å². The summed E-state index contributed by atoms with van der Waals surface area (Å²) in [6.45, 7) is 0. The van der Waals surface area contributed by atoms with Gasteiger partial charge in [-0.25, -0.2) is 0 Å². The minimum atomic E-state index is 0.310. The number of benzene rings is 1. The number of unbranched alkanes of at least 4 members (excludes halogenated alkanes) is 2. The quantitative estimate of drug-likeness (QED) is 0.404. The second-order valence-electron chi connectivity index (χ2n) is 3.57. The highest BCUT2D eigenvalue weighted by Crippen LogP contribution is 2.07. The maximum Gasteiger partial charge on any atom is 0.0905 e. The monoisotopic (exact) mass is 190 g/mol. The molecule has 0 aliphatic rings. The second-order valence-corrected chi connectivity index (χ2v) is 3.57. The molecular formula is C12H18N2. The van der Waals surface area contributed by atoms with Crippen LogP contribution in [-0.2, 0) is 6.42 Å². The van der Waals surface area contributed by atoms with E-state index < -0.39 is 0 Å². The summed E-state index contributed by atoms with van der Waals surface area (Å²) < 4.78 is 0. The van der Waals surface area contributed by atoms with E-state index in [1.165, 1.54) is 12.0 Å². The van der Waals surface area contributed by atoms with Crippen LogP contribution < -0.4 is 5.73 Å². The van der Waals surface area contributed by atoms with Crippen molar-refractivity contribution in [3.63, 3.8) is 0 Å². The van der Waals surface area contributed by atoms with Crippen molar-refractivity contribution in [2.75, 3.05) is 0 Å². The van der Waals surface area contributed by atoms with E-state index >= 15 is 0 Å². The van der Waals surface area contributed by atoms with Gasteiger partial charge in [0.1, 0.15) is 0 Å². The van der Waals surface area contributed by atoms with E-state index in [1.54, 1.807) is 0 Å². The maximum absolute atomic E-state index is 7.07. The Morgan fingerprint density at radius 2 is 1.79 bits per heavy atom. The highest BCUT2D eigenvalue weighted by Gasteiger charge is 1.93. The van der Waals surface area contributed by atoms with Gasteiger partial charge in [0, 0.05) is 6.42 Å². The Balaban J connectivity index is 2.08. The van der Waals surface area contributed by atoms with E-state index in [4.69, 9.17) is 11.1 Å². The van der Waals surface area contributed by atoms with Crippen LogP contribution in [0.5, 0.6) is 0 Å². The van der Waals surface area contributed by atoms with Gasteiger partial charge in [0.15, 0.2) is 0 Å². The Bertz CT molecular complexity index is 267. The Kier molecular flexibility index (Phi) is 4.76. The molecule has 0 aliphatic heterocycles.